The molecule has 1 aromatic carbocycles. The smallest absolute Gasteiger partial charge is 0.255 e. The van der Waals surface area contributed by atoms with Crippen LogP contribution in [0.1, 0.15) is 28.9 Å². The van der Waals surface area contributed by atoms with Gasteiger partial charge in [-0.2, -0.15) is 4.39 Å². The highest BCUT2D eigenvalue weighted by atomic mass is 19.1. The molecule has 2 atom stereocenters. The fourth-order valence-electron chi connectivity index (χ4n) is 3.96. The van der Waals surface area contributed by atoms with Crippen LogP contribution in [-0.2, 0) is 6.42 Å². The quantitative estimate of drug-likeness (QED) is 0.496. The molecule has 3 rings (SSSR count). The zero-order valence-corrected chi connectivity index (χ0v) is 16.6. The van der Waals surface area contributed by atoms with E-state index in [-0.39, 0.29) is 30.5 Å². The van der Waals surface area contributed by atoms with Crippen molar-refractivity contribution in [2.45, 2.75) is 19.3 Å². The number of carbonyl (C=O) groups is 1. The van der Waals surface area contributed by atoms with Crippen molar-refractivity contribution in [2.24, 2.45) is 11.8 Å². The molecule has 0 saturated carbocycles. The van der Waals surface area contributed by atoms with Crippen LogP contribution in [0.25, 0.3) is 0 Å². The molecule has 0 bridgehead atoms. The first-order valence-electron chi connectivity index (χ1n) is 9.85. The number of methoxy groups -OCH3 is 1. The second kappa shape index (κ2) is 9.80. The van der Waals surface area contributed by atoms with Gasteiger partial charge in [0.05, 0.1) is 13.7 Å². The first kappa shape index (κ1) is 21.2. The average molecular weight is 402 g/mol. The molecule has 2 aromatic rings. The van der Waals surface area contributed by atoms with E-state index in [2.05, 4.69) is 11.1 Å². The lowest BCUT2D eigenvalue weighted by atomic mass is 9.91. The minimum Gasteiger partial charge on any atom is -0.504 e. The van der Waals surface area contributed by atoms with Gasteiger partial charge in [-0.3, -0.25) is 9.69 Å². The number of Topliss-reactive ketones (excluding diaryl/α,β-unsaturated/α-hetero) is 1. The Bertz CT molecular complexity index is 845. The van der Waals surface area contributed by atoms with Crippen LogP contribution < -0.4 is 4.74 Å². The zero-order chi connectivity index (χ0) is 20.8. The molecule has 2 heterocycles. The van der Waals surface area contributed by atoms with Crippen molar-refractivity contribution in [3.05, 3.63) is 53.6 Å². The van der Waals surface area contributed by atoms with Gasteiger partial charge in [0.15, 0.2) is 11.5 Å². The van der Waals surface area contributed by atoms with Gasteiger partial charge in [-0.15, -0.1) is 0 Å². The van der Waals surface area contributed by atoms with Gasteiger partial charge in [-0.05, 0) is 60.9 Å². The third-order valence-electron chi connectivity index (χ3n) is 5.54. The molecule has 0 spiro atoms. The summed E-state index contributed by atoms with van der Waals surface area (Å²) < 4.78 is 18.6. The first-order valence-corrected chi connectivity index (χ1v) is 9.85. The van der Waals surface area contributed by atoms with Crippen molar-refractivity contribution in [1.29, 1.82) is 0 Å². The van der Waals surface area contributed by atoms with Gasteiger partial charge in [0.1, 0.15) is 11.4 Å². The number of aromatic nitrogens is 1. The van der Waals surface area contributed by atoms with E-state index in [0.29, 0.717) is 12.5 Å². The van der Waals surface area contributed by atoms with Crippen LogP contribution in [-0.4, -0.2) is 59.2 Å². The number of nitrogens with zero attached hydrogens (tertiary/aromatic N) is 2. The number of benzene rings is 1. The highest BCUT2D eigenvalue weighted by molar-refractivity contribution is 5.95. The van der Waals surface area contributed by atoms with Crippen LogP contribution in [0.3, 0.4) is 0 Å². The van der Waals surface area contributed by atoms with Crippen molar-refractivity contribution in [3.8, 4) is 11.5 Å². The highest BCUT2D eigenvalue weighted by Gasteiger charge is 2.33. The monoisotopic (exact) mass is 402 g/mol. The summed E-state index contributed by atoms with van der Waals surface area (Å²) in [6, 6.07) is 10.5. The molecule has 29 heavy (non-hydrogen) atoms. The maximum Gasteiger partial charge on any atom is 0.255 e. The second-order valence-corrected chi connectivity index (χ2v) is 7.57. The number of hydrogen-bond donors (Lipinski definition) is 2. The number of aryl methyl sites for hydroxylation is 1. The molecule has 1 aliphatic heterocycles. The molecule has 6 nitrogen and oxygen atoms in total. The maximum atomic E-state index is 13.4. The normalized spacial score (nSPS) is 19.4. The predicted octanol–water partition coefficient (Wildman–Crippen LogP) is 2.68. The molecular formula is C22H27FN2O4. The van der Waals surface area contributed by atoms with Gasteiger partial charge < -0.3 is 14.9 Å². The van der Waals surface area contributed by atoms with E-state index in [1.165, 1.54) is 11.6 Å². The van der Waals surface area contributed by atoms with Gasteiger partial charge in [0.2, 0.25) is 0 Å². The van der Waals surface area contributed by atoms with E-state index in [1.807, 2.05) is 23.1 Å². The van der Waals surface area contributed by atoms with Gasteiger partial charge in [-0.1, -0.05) is 12.1 Å². The Kier molecular flexibility index (Phi) is 7.17. The fraction of sp³-hybridized carbons (Fsp3) is 0.455. The van der Waals surface area contributed by atoms with E-state index in [1.54, 1.807) is 7.11 Å². The SMILES string of the molecule is COc1cccc(CCC[C@@H]2CN(CC(=O)c3ccc(O)c(F)n3)C[C@@H]2CO)c1. The summed E-state index contributed by atoms with van der Waals surface area (Å²) in [5, 5.41) is 19.0. The molecule has 2 N–H and O–H groups in total. The zero-order valence-electron chi connectivity index (χ0n) is 16.6. The summed E-state index contributed by atoms with van der Waals surface area (Å²) in [7, 11) is 1.65. The van der Waals surface area contributed by atoms with Crippen LogP contribution in [0.5, 0.6) is 11.5 Å². The number of aromatic hydroxyl groups is 1. The van der Waals surface area contributed by atoms with Gasteiger partial charge in [-0.25, -0.2) is 4.98 Å². The van der Waals surface area contributed by atoms with E-state index < -0.39 is 11.7 Å². The summed E-state index contributed by atoms with van der Waals surface area (Å²) in [6.07, 6.45) is 2.88. The molecular weight excluding hydrogens is 375 g/mol. The van der Waals surface area contributed by atoms with E-state index in [9.17, 15) is 19.4 Å². The average Bonchev–Trinajstić information content (AvgIpc) is 3.11. The number of carbonyl (C=O) groups excluding carboxylic acids is 1. The maximum absolute atomic E-state index is 13.4. The van der Waals surface area contributed by atoms with Crippen molar-refractivity contribution in [3.63, 3.8) is 0 Å². The van der Waals surface area contributed by atoms with E-state index >= 15 is 0 Å². The molecule has 156 valence electrons. The molecule has 0 aliphatic carbocycles. The molecule has 1 aromatic heterocycles. The minimum atomic E-state index is -1.04. The van der Waals surface area contributed by atoms with E-state index in [4.69, 9.17) is 4.74 Å². The van der Waals surface area contributed by atoms with Crippen LogP contribution in [0, 0.1) is 17.8 Å². The topological polar surface area (TPSA) is 82.9 Å². The number of likely N-dealkylation sites (tertiary alicyclic amines) is 1. The summed E-state index contributed by atoms with van der Waals surface area (Å²) in [5.41, 5.74) is 1.22. The van der Waals surface area contributed by atoms with Gasteiger partial charge in [0.25, 0.3) is 5.95 Å². The second-order valence-electron chi connectivity index (χ2n) is 7.57. The largest absolute Gasteiger partial charge is 0.504 e. The minimum absolute atomic E-state index is 0.00215. The van der Waals surface area contributed by atoms with Crippen molar-refractivity contribution >= 4 is 5.78 Å². The Morgan fingerprint density at radius 1 is 1.28 bits per heavy atom. The molecule has 0 radical (unpaired) electrons. The lowest BCUT2D eigenvalue weighted by Gasteiger charge is -2.16. The summed E-state index contributed by atoms with van der Waals surface area (Å²) >= 11 is 0. The Morgan fingerprint density at radius 3 is 2.79 bits per heavy atom. The van der Waals surface area contributed by atoms with Crippen LogP contribution in [0.2, 0.25) is 0 Å². The third kappa shape index (κ3) is 5.52. The summed E-state index contributed by atoms with van der Waals surface area (Å²) in [5.74, 6) is -0.626. The Labute approximate surface area is 170 Å². The molecule has 0 amide bonds. The number of ketones is 1. The predicted molar refractivity (Wildman–Crippen MR) is 107 cm³/mol. The Balaban J connectivity index is 1.52. The highest BCUT2D eigenvalue weighted by Crippen LogP contribution is 2.28. The number of aliphatic hydroxyl groups excluding tert-OH is 1. The van der Waals surface area contributed by atoms with Crippen molar-refractivity contribution in [1.82, 2.24) is 9.88 Å². The number of rotatable bonds is 9. The number of halogens is 1. The lowest BCUT2D eigenvalue weighted by Crippen LogP contribution is -2.29. The molecule has 7 heteroatoms. The number of hydrogen-bond acceptors (Lipinski definition) is 6. The molecule has 1 saturated heterocycles. The number of ether oxygens (including phenoxy) is 1. The number of pyridine rings is 1. The van der Waals surface area contributed by atoms with Gasteiger partial charge in [0, 0.05) is 19.7 Å². The van der Waals surface area contributed by atoms with Crippen molar-refractivity contribution in [2.75, 3.05) is 33.4 Å². The van der Waals surface area contributed by atoms with E-state index in [0.717, 1.165) is 37.6 Å². The van der Waals surface area contributed by atoms with Crippen LogP contribution >= 0.6 is 0 Å². The molecule has 1 fully saturated rings. The van der Waals surface area contributed by atoms with Crippen molar-refractivity contribution < 1.29 is 24.1 Å². The Hall–Kier alpha value is -2.51. The lowest BCUT2D eigenvalue weighted by molar-refractivity contribution is 0.0933. The summed E-state index contributed by atoms with van der Waals surface area (Å²) in [4.78, 5) is 17.9. The van der Waals surface area contributed by atoms with Crippen LogP contribution in [0.15, 0.2) is 36.4 Å². The van der Waals surface area contributed by atoms with Gasteiger partial charge >= 0.3 is 0 Å². The van der Waals surface area contributed by atoms with Crippen LogP contribution in [0.4, 0.5) is 4.39 Å². The third-order valence-corrected chi connectivity index (χ3v) is 5.54. The summed E-state index contributed by atoms with van der Waals surface area (Å²) in [6.45, 7) is 1.56. The Morgan fingerprint density at radius 2 is 2.07 bits per heavy atom. The number of aliphatic hydroxyl groups is 1. The standard InChI is InChI=1S/C22H27FN2O4/c1-29-18-7-3-5-15(10-18)4-2-6-16-11-25(12-17(16)14-26)13-21(28)19-8-9-20(27)22(23)24-19/h3,5,7-10,16-17,26-27H,2,4,6,11-14H2,1H3/t16-,17-/m1/s1. The molecule has 1 aliphatic rings. The first-order chi connectivity index (χ1) is 14.0. The molecule has 0 unspecified atom stereocenters. The fourth-order valence-corrected chi connectivity index (χ4v) is 3.96.